The molecule has 2 aliphatic carbocycles. The predicted molar refractivity (Wildman–Crippen MR) is 109 cm³/mol. The van der Waals surface area contributed by atoms with Gasteiger partial charge in [-0.1, -0.05) is 12.8 Å². The maximum Gasteiger partial charge on any atom is 0.191 e. The molecule has 0 aromatic carbocycles. The third-order valence-electron chi connectivity index (χ3n) is 5.58. The smallest absolute Gasteiger partial charge is 0.191 e. The van der Waals surface area contributed by atoms with Crippen molar-refractivity contribution < 1.29 is 4.74 Å². The van der Waals surface area contributed by atoms with Gasteiger partial charge in [0.1, 0.15) is 0 Å². The van der Waals surface area contributed by atoms with Gasteiger partial charge in [-0.25, -0.2) is 0 Å². The highest BCUT2D eigenvalue weighted by Gasteiger charge is 2.56. The Morgan fingerprint density at radius 3 is 2.75 bits per heavy atom. The summed E-state index contributed by atoms with van der Waals surface area (Å²) in [5, 5.41) is 7.09. The fourth-order valence-electron chi connectivity index (χ4n) is 4.30. The first-order chi connectivity index (χ1) is 11.2. The molecule has 0 bridgehead atoms. The van der Waals surface area contributed by atoms with Crippen LogP contribution >= 0.6 is 24.0 Å². The lowest BCUT2D eigenvalue weighted by Crippen LogP contribution is -2.65. The summed E-state index contributed by atoms with van der Waals surface area (Å²) in [6, 6.07) is 2.62. The fourth-order valence-corrected chi connectivity index (χ4v) is 4.30. The molecule has 2 fully saturated rings. The summed E-state index contributed by atoms with van der Waals surface area (Å²) in [5.41, 5.74) is 1.60. The molecule has 1 aromatic rings. The molecule has 2 unspecified atom stereocenters. The van der Waals surface area contributed by atoms with Crippen molar-refractivity contribution in [2.24, 2.45) is 17.5 Å². The number of nitrogens with zero attached hydrogens (tertiary/aromatic N) is 2. The maximum absolute atomic E-state index is 5.99. The summed E-state index contributed by atoms with van der Waals surface area (Å²) >= 11 is 0. The normalized spacial score (nSPS) is 25.2. The average Bonchev–Trinajstić information content (AvgIpc) is 3.20. The van der Waals surface area contributed by atoms with E-state index in [1.165, 1.54) is 31.2 Å². The molecule has 0 radical (unpaired) electrons. The average molecular weight is 446 g/mol. The molecule has 1 aromatic heterocycles. The standard InChI is InChI=1S/C18H30N4O.HI/c1-4-23-16-11-15(18(16)8-5-6-9-18)21-17(19-2)20-12-14-7-10-22(3)13-14;/h7,10,13,15-16H,4-6,8-9,11-12H2,1-3H3,(H2,19,20,21);1H. The molecule has 0 amide bonds. The molecule has 0 aliphatic heterocycles. The lowest BCUT2D eigenvalue weighted by Gasteiger charge is -2.54. The minimum absolute atomic E-state index is 0. The highest BCUT2D eigenvalue weighted by atomic mass is 127. The Morgan fingerprint density at radius 1 is 1.42 bits per heavy atom. The molecule has 3 rings (SSSR count). The zero-order valence-corrected chi connectivity index (χ0v) is 17.4. The predicted octanol–water partition coefficient (Wildman–Crippen LogP) is 3.05. The first kappa shape index (κ1) is 19.6. The quantitative estimate of drug-likeness (QED) is 0.416. The Labute approximate surface area is 162 Å². The van der Waals surface area contributed by atoms with Gasteiger partial charge in [-0.05, 0) is 37.8 Å². The van der Waals surface area contributed by atoms with Gasteiger partial charge >= 0.3 is 0 Å². The lowest BCUT2D eigenvalue weighted by atomic mass is 9.60. The van der Waals surface area contributed by atoms with Crippen molar-refractivity contribution in [3.05, 3.63) is 24.0 Å². The second-order valence-electron chi connectivity index (χ2n) is 6.93. The summed E-state index contributed by atoms with van der Waals surface area (Å²) < 4.78 is 8.06. The molecular formula is C18H31IN4O. The van der Waals surface area contributed by atoms with Crippen LogP contribution in [0.25, 0.3) is 0 Å². The molecule has 1 heterocycles. The van der Waals surface area contributed by atoms with Crippen molar-refractivity contribution in [1.29, 1.82) is 0 Å². The molecule has 1 spiro atoms. The molecule has 136 valence electrons. The maximum atomic E-state index is 5.99. The SMILES string of the molecule is CCOC1CC(NC(=NC)NCc2ccn(C)c2)C12CCCC2.I. The van der Waals surface area contributed by atoms with E-state index in [0.29, 0.717) is 17.6 Å². The zero-order chi connectivity index (χ0) is 16.3. The van der Waals surface area contributed by atoms with Crippen molar-refractivity contribution >= 4 is 29.9 Å². The summed E-state index contributed by atoms with van der Waals surface area (Å²) in [4.78, 5) is 4.40. The number of aromatic nitrogens is 1. The number of ether oxygens (including phenoxy) is 1. The number of nitrogens with one attached hydrogen (secondary N) is 2. The molecule has 2 aliphatic rings. The monoisotopic (exact) mass is 446 g/mol. The Bertz CT molecular complexity index is 551. The molecule has 2 N–H and O–H groups in total. The molecule has 0 saturated heterocycles. The van der Waals surface area contributed by atoms with Gasteiger partial charge in [0.05, 0.1) is 6.10 Å². The van der Waals surface area contributed by atoms with Crippen LogP contribution in [0.1, 0.15) is 44.6 Å². The van der Waals surface area contributed by atoms with E-state index in [1.807, 2.05) is 14.1 Å². The van der Waals surface area contributed by atoms with Crippen LogP contribution in [0.4, 0.5) is 0 Å². The van der Waals surface area contributed by atoms with Gasteiger partial charge in [0.15, 0.2) is 5.96 Å². The minimum atomic E-state index is 0. The summed E-state index contributed by atoms with van der Waals surface area (Å²) in [6.45, 7) is 3.72. The summed E-state index contributed by atoms with van der Waals surface area (Å²) in [6.07, 6.45) is 11.0. The Kier molecular flexibility index (Phi) is 6.98. The second kappa shape index (κ2) is 8.56. The van der Waals surface area contributed by atoms with Crippen LogP contribution in [-0.4, -0.2) is 36.3 Å². The number of guanidine groups is 1. The number of aliphatic imine (C=N–C) groups is 1. The van der Waals surface area contributed by atoms with E-state index in [4.69, 9.17) is 4.74 Å². The highest BCUT2D eigenvalue weighted by molar-refractivity contribution is 14.0. The van der Waals surface area contributed by atoms with Gasteiger partial charge in [0.25, 0.3) is 0 Å². The summed E-state index contributed by atoms with van der Waals surface area (Å²) in [5.74, 6) is 0.903. The number of hydrogen-bond donors (Lipinski definition) is 2. The zero-order valence-electron chi connectivity index (χ0n) is 15.0. The van der Waals surface area contributed by atoms with E-state index in [1.54, 1.807) is 0 Å². The van der Waals surface area contributed by atoms with Crippen molar-refractivity contribution in [3.63, 3.8) is 0 Å². The molecule has 2 saturated carbocycles. The van der Waals surface area contributed by atoms with Crippen LogP contribution < -0.4 is 10.6 Å². The molecule has 2 atom stereocenters. The van der Waals surface area contributed by atoms with Crippen molar-refractivity contribution in [2.45, 2.75) is 57.7 Å². The number of halogens is 1. The molecule has 24 heavy (non-hydrogen) atoms. The van der Waals surface area contributed by atoms with Gasteiger partial charge in [-0.2, -0.15) is 0 Å². The minimum Gasteiger partial charge on any atom is -0.378 e. The Hall–Kier alpha value is -0.760. The number of aryl methyl sites for hydroxylation is 1. The topological polar surface area (TPSA) is 50.6 Å². The van der Waals surface area contributed by atoms with E-state index in [2.05, 4.69) is 45.6 Å². The highest BCUT2D eigenvalue weighted by Crippen LogP contribution is 2.54. The van der Waals surface area contributed by atoms with Crippen LogP contribution in [0.15, 0.2) is 23.5 Å². The van der Waals surface area contributed by atoms with E-state index in [0.717, 1.165) is 25.5 Å². The van der Waals surface area contributed by atoms with Gasteiger partial charge in [-0.3, -0.25) is 4.99 Å². The van der Waals surface area contributed by atoms with E-state index < -0.39 is 0 Å². The fraction of sp³-hybridized carbons (Fsp3) is 0.722. The van der Waals surface area contributed by atoms with Crippen LogP contribution in [-0.2, 0) is 18.3 Å². The van der Waals surface area contributed by atoms with Gasteiger partial charge in [0.2, 0.25) is 0 Å². The third kappa shape index (κ3) is 3.90. The van der Waals surface area contributed by atoms with Crippen LogP contribution in [0.3, 0.4) is 0 Å². The largest absolute Gasteiger partial charge is 0.378 e. The lowest BCUT2D eigenvalue weighted by molar-refractivity contribution is -0.125. The van der Waals surface area contributed by atoms with Crippen LogP contribution in [0.5, 0.6) is 0 Å². The number of hydrogen-bond acceptors (Lipinski definition) is 2. The number of rotatable bonds is 5. The van der Waals surface area contributed by atoms with Gasteiger partial charge in [-0.15, -0.1) is 24.0 Å². The van der Waals surface area contributed by atoms with Gasteiger partial charge < -0.3 is 19.9 Å². The van der Waals surface area contributed by atoms with Crippen LogP contribution in [0.2, 0.25) is 0 Å². The summed E-state index contributed by atoms with van der Waals surface area (Å²) in [7, 11) is 3.89. The Morgan fingerprint density at radius 2 is 2.17 bits per heavy atom. The second-order valence-corrected chi connectivity index (χ2v) is 6.93. The Balaban J connectivity index is 0.00000208. The van der Waals surface area contributed by atoms with Crippen molar-refractivity contribution in [3.8, 4) is 0 Å². The first-order valence-corrected chi connectivity index (χ1v) is 8.87. The van der Waals surface area contributed by atoms with Gasteiger partial charge in [0, 0.05) is 51.1 Å². The molecule has 5 nitrogen and oxygen atoms in total. The molecule has 6 heteroatoms. The van der Waals surface area contributed by atoms with E-state index in [9.17, 15) is 0 Å². The van der Waals surface area contributed by atoms with Crippen LogP contribution in [0, 0.1) is 5.41 Å². The van der Waals surface area contributed by atoms with E-state index in [-0.39, 0.29) is 24.0 Å². The third-order valence-corrected chi connectivity index (χ3v) is 5.58. The van der Waals surface area contributed by atoms with Crippen molar-refractivity contribution in [2.75, 3.05) is 13.7 Å². The molecular weight excluding hydrogens is 415 g/mol. The van der Waals surface area contributed by atoms with Crippen molar-refractivity contribution in [1.82, 2.24) is 15.2 Å². The van der Waals surface area contributed by atoms with E-state index >= 15 is 0 Å². The first-order valence-electron chi connectivity index (χ1n) is 8.87.